The number of carbonyl (C=O) groups excluding carboxylic acids is 2. The fraction of sp³-hybridized carbons (Fsp3) is 0.267. The highest BCUT2D eigenvalue weighted by molar-refractivity contribution is 7.16. The second-order valence-electron chi connectivity index (χ2n) is 4.98. The standard InChI is InChI=1S/C15H12ClF3N2O3S/c1-7(22)20-14-21-13(12(25-14)6-24-8(2)23)9-3-10(15(17,18)19)5-11(16)4-9/h3-5H,6H2,1-2H3,(H,20,21,22). The average molecular weight is 393 g/mol. The van der Waals surface area contributed by atoms with Gasteiger partial charge in [-0.15, -0.1) is 0 Å². The summed E-state index contributed by atoms with van der Waals surface area (Å²) >= 11 is 6.80. The van der Waals surface area contributed by atoms with Crippen molar-refractivity contribution in [3.05, 3.63) is 33.7 Å². The van der Waals surface area contributed by atoms with E-state index in [1.54, 1.807) is 0 Å². The Morgan fingerprint density at radius 2 is 1.96 bits per heavy atom. The Morgan fingerprint density at radius 3 is 2.52 bits per heavy atom. The van der Waals surface area contributed by atoms with Crippen molar-refractivity contribution in [2.75, 3.05) is 5.32 Å². The number of amides is 1. The first-order chi connectivity index (χ1) is 11.6. The number of halogens is 4. The highest BCUT2D eigenvalue weighted by Gasteiger charge is 2.31. The first-order valence-corrected chi connectivity index (χ1v) is 8.04. The molecule has 0 atom stereocenters. The van der Waals surface area contributed by atoms with Crippen molar-refractivity contribution in [3.8, 4) is 11.3 Å². The third kappa shape index (κ3) is 5.17. The molecule has 2 aromatic rings. The molecular weight excluding hydrogens is 381 g/mol. The maximum Gasteiger partial charge on any atom is 0.416 e. The molecule has 0 spiro atoms. The van der Waals surface area contributed by atoms with Gasteiger partial charge < -0.3 is 10.1 Å². The van der Waals surface area contributed by atoms with Gasteiger partial charge >= 0.3 is 12.1 Å². The minimum absolute atomic E-state index is 0.106. The summed E-state index contributed by atoms with van der Waals surface area (Å²) < 4.78 is 43.9. The zero-order valence-electron chi connectivity index (χ0n) is 13.0. The average Bonchev–Trinajstić information content (AvgIpc) is 2.85. The van der Waals surface area contributed by atoms with Gasteiger partial charge in [-0.05, 0) is 18.2 Å². The summed E-state index contributed by atoms with van der Waals surface area (Å²) in [4.78, 5) is 26.7. The molecule has 0 saturated heterocycles. The van der Waals surface area contributed by atoms with Gasteiger partial charge in [0.1, 0.15) is 6.61 Å². The van der Waals surface area contributed by atoms with Crippen LogP contribution in [0.25, 0.3) is 11.3 Å². The molecule has 0 radical (unpaired) electrons. The molecule has 0 unspecified atom stereocenters. The van der Waals surface area contributed by atoms with Crippen LogP contribution >= 0.6 is 22.9 Å². The lowest BCUT2D eigenvalue weighted by atomic mass is 10.1. The quantitative estimate of drug-likeness (QED) is 0.778. The summed E-state index contributed by atoms with van der Waals surface area (Å²) in [6.45, 7) is 2.29. The molecule has 0 saturated carbocycles. The molecule has 2 rings (SSSR count). The number of benzene rings is 1. The van der Waals surface area contributed by atoms with E-state index in [2.05, 4.69) is 10.3 Å². The monoisotopic (exact) mass is 392 g/mol. The molecule has 25 heavy (non-hydrogen) atoms. The molecule has 0 aliphatic carbocycles. The molecule has 1 heterocycles. The number of aromatic nitrogens is 1. The van der Waals surface area contributed by atoms with E-state index in [-0.39, 0.29) is 33.9 Å². The second-order valence-corrected chi connectivity index (χ2v) is 6.50. The van der Waals surface area contributed by atoms with Crippen LogP contribution in [0.15, 0.2) is 18.2 Å². The Morgan fingerprint density at radius 1 is 1.28 bits per heavy atom. The van der Waals surface area contributed by atoms with Crippen molar-refractivity contribution in [3.63, 3.8) is 0 Å². The molecule has 0 fully saturated rings. The Labute approximate surface area is 149 Å². The number of hydrogen-bond donors (Lipinski definition) is 1. The van der Waals surface area contributed by atoms with Gasteiger partial charge in [-0.1, -0.05) is 22.9 Å². The van der Waals surface area contributed by atoms with E-state index in [9.17, 15) is 22.8 Å². The molecule has 0 aliphatic heterocycles. The lowest BCUT2D eigenvalue weighted by Gasteiger charge is -2.10. The first kappa shape index (κ1) is 19.2. The number of nitrogens with zero attached hydrogens (tertiary/aromatic N) is 1. The van der Waals surface area contributed by atoms with Crippen molar-refractivity contribution < 1.29 is 27.5 Å². The Bertz CT molecular complexity index is 821. The Balaban J connectivity index is 2.52. The van der Waals surface area contributed by atoms with Crippen LogP contribution in [-0.4, -0.2) is 16.9 Å². The number of rotatable bonds is 4. The van der Waals surface area contributed by atoms with Gasteiger partial charge in [-0.2, -0.15) is 13.2 Å². The lowest BCUT2D eigenvalue weighted by Crippen LogP contribution is -2.06. The van der Waals surface area contributed by atoms with Crippen molar-refractivity contribution in [1.29, 1.82) is 0 Å². The van der Waals surface area contributed by atoms with Crippen LogP contribution in [0, 0.1) is 0 Å². The van der Waals surface area contributed by atoms with Gasteiger partial charge in [0.15, 0.2) is 5.13 Å². The van der Waals surface area contributed by atoms with Crippen LogP contribution in [0.2, 0.25) is 5.02 Å². The molecule has 0 bridgehead atoms. The maximum absolute atomic E-state index is 13.0. The molecule has 1 amide bonds. The SMILES string of the molecule is CC(=O)Nc1nc(-c2cc(Cl)cc(C(F)(F)F)c2)c(COC(C)=O)s1. The van der Waals surface area contributed by atoms with Crippen molar-refractivity contribution >= 4 is 39.9 Å². The summed E-state index contributed by atoms with van der Waals surface area (Å²) in [6, 6.07) is 3.02. The smallest absolute Gasteiger partial charge is 0.416 e. The number of carbonyl (C=O) groups is 2. The predicted molar refractivity (Wildman–Crippen MR) is 87.3 cm³/mol. The van der Waals surface area contributed by atoms with Gasteiger partial charge in [-0.3, -0.25) is 9.59 Å². The molecule has 1 aromatic carbocycles. The summed E-state index contributed by atoms with van der Waals surface area (Å²) in [6.07, 6.45) is -4.58. The van der Waals surface area contributed by atoms with Crippen molar-refractivity contribution in [2.45, 2.75) is 26.6 Å². The number of hydrogen-bond acceptors (Lipinski definition) is 5. The first-order valence-electron chi connectivity index (χ1n) is 6.85. The van der Waals surface area contributed by atoms with E-state index in [1.807, 2.05) is 0 Å². The molecule has 1 aromatic heterocycles. The Kier molecular flexibility index (Phi) is 5.69. The number of alkyl halides is 3. The largest absolute Gasteiger partial charge is 0.460 e. The lowest BCUT2D eigenvalue weighted by molar-refractivity contribution is -0.142. The van der Waals surface area contributed by atoms with E-state index in [4.69, 9.17) is 16.3 Å². The molecule has 10 heteroatoms. The third-order valence-corrected chi connectivity index (χ3v) is 4.05. The van der Waals surface area contributed by atoms with Crippen LogP contribution in [0.3, 0.4) is 0 Å². The highest BCUT2D eigenvalue weighted by atomic mass is 35.5. The maximum atomic E-state index is 13.0. The highest BCUT2D eigenvalue weighted by Crippen LogP contribution is 2.37. The van der Waals surface area contributed by atoms with E-state index in [1.165, 1.54) is 19.9 Å². The minimum atomic E-state index is -4.58. The summed E-state index contributed by atoms with van der Waals surface area (Å²) in [7, 11) is 0. The Hall–Kier alpha value is -2.13. The van der Waals surface area contributed by atoms with E-state index in [0.29, 0.717) is 4.88 Å². The fourth-order valence-electron chi connectivity index (χ4n) is 1.94. The number of esters is 1. The normalized spacial score (nSPS) is 11.3. The third-order valence-electron chi connectivity index (χ3n) is 2.89. The summed E-state index contributed by atoms with van der Waals surface area (Å²) in [5, 5.41) is 2.52. The van der Waals surface area contributed by atoms with E-state index >= 15 is 0 Å². The zero-order valence-corrected chi connectivity index (χ0v) is 14.6. The van der Waals surface area contributed by atoms with Gasteiger partial charge in [0.05, 0.1) is 16.1 Å². The molecule has 134 valence electrons. The van der Waals surface area contributed by atoms with Gasteiger partial charge in [0.25, 0.3) is 0 Å². The molecule has 0 aliphatic rings. The van der Waals surface area contributed by atoms with Crippen molar-refractivity contribution in [2.24, 2.45) is 0 Å². The van der Waals surface area contributed by atoms with Crippen LogP contribution < -0.4 is 5.32 Å². The topological polar surface area (TPSA) is 68.3 Å². The van der Waals surface area contributed by atoms with E-state index in [0.717, 1.165) is 23.5 Å². The fourth-order valence-corrected chi connectivity index (χ4v) is 3.11. The molecular formula is C15H12ClF3N2O3S. The molecule has 1 N–H and O–H groups in total. The van der Waals surface area contributed by atoms with Gasteiger partial charge in [0.2, 0.25) is 5.91 Å². The van der Waals surface area contributed by atoms with Crippen molar-refractivity contribution in [1.82, 2.24) is 4.98 Å². The predicted octanol–water partition coefficient (Wildman–Crippen LogP) is 4.50. The number of nitrogens with one attached hydrogen (secondary N) is 1. The van der Waals surface area contributed by atoms with Crippen LogP contribution in [0.4, 0.5) is 18.3 Å². The minimum Gasteiger partial charge on any atom is -0.460 e. The summed E-state index contributed by atoms with van der Waals surface area (Å²) in [5.41, 5.74) is -0.666. The van der Waals surface area contributed by atoms with Gasteiger partial charge in [-0.25, -0.2) is 4.98 Å². The van der Waals surface area contributed by atoms with Crippen LogP contribution in [-0.2, 0) is 27.1 Å². The molecule has 5 nitrogen and oxygen atoms in total. The van der Waals surface area contributed by atoms with Gasteiger partial charge in [0, 0.05) is 24.4 Å². The van der Waals surface area contributed by atoms with Crippen LogP contribution in [0.1, 0.15) is 24.3 Å². The zero-order chi connectivity index (χ0) is 18.8. The number of anilines is 1. The van der Waals surface area contributed by atoms with E-state index < -0.39 is 17.7 Å². The van der Waals surface area contributed by atoms with Crippen LogP contribution in [0.5, 0.6) is 0 Å². The second kappa shape index (κ2) is 7.40. The number of thiazole rings is 1. The summed E-state index contributed by atoms with van der Waals surface area (Å²) in [5.74, 6) is -0.941. The number of ether oxygens (including phenoxy) is 1.